The molecule has 4 heterocycles. The van der Waals surface area contributed by atoms with Gasteiger partial charge in [-0.25, -0.2) is 0 Å². The van der Waals surface area contributed by atoms with E-state index < -0.39 is 12.2 Å². The third-order valence-corrected chi connectivity index (χ3v) is 8.66. The van der Waals surface area contributed by atoms with Crippen LogP contribution in [0.15, 0.2) is 48.7 Å². The van der Waals surface area contributed by atoms with Crippen molar-refractivity contribution in [2.75, 3.05) is 6.54 Å². The van der Waals surface area contributed by atoms with E-state index in [0.29, 0.717) is 18.9 Å². The summed E-state index contributed by atoms with van der Waals surface area (Å²) in [6.07, 6.45) is 7.45. The fourth-order valence-corrected chi connectivity index (χ4v) is 6.90. The monoisotopic (exact) mass is 477 g/mol. The lowest BCUT2D eigenvalue weighted by molar-refractivity contribution is -0.199. The van der Waals surface area contributed by atoms with Crippen molar-refractivity contribution in [2.45, 2.75) is 69.4 Å². The van der Waals surface area contributed by atoms with Gasteiger partial charge in [-0.1, -0.05) is 49.6 Å². The van der Waals surface area contributed by atoms with Gasteiger partial charge in [0.05, 0.1) is 29.8 Å². The van der Waals surface area contributed by atoms with Gasteiger partial charge in [-0.3, -0.25) is 9.78 Å². The van der Waals surface area contributed by atoms with Crippen LogP contribution in [0.5, 0.6) is 0 Å². The van der Waals surface area contributed by atoms with Crippen molar-refractivity contribution in [3.05, 3.63) is 54.2 Å². The molecule has 0 radical (unpaired) electrons. The molecule has 34 heavy (non-hydrogen) atoms. The normalized spacial score (nSPS) is 31.0. The second kappa shape index (κ2) is 8.93. The summed E-state index contributed by atoms with van der Waals surface area (Å²) in [4.78, 5) is 21.7. The van der Waals surface area contributed by atoms with Crippen LogP contribution in [0.3, 0.4) is 0 Å². The van der Waals surface area contributed by atoms with Crippen molar-refractivity contribution in [3.63, 3.8) is 0 Å². The first-order valence-corrected chi connectivity index (χ1v) is 13.0. The Kier molecular flexibility index (Phi) is 5.77. The van der Waals surface area contributed by atoms with E-state index in [4.69, 9.17) is 17.0 Å². The number of aromatic nitrogens is 1. The van der Waals surface area contributed by atoms with Crippen LogP contribution in [-0.2, 0) is 16.1 Å². The van der Waals surface area contributed by atoms with Gasteiger partial charge in [-0.2, -0.15) is 0 Å². The van der Waals surface area contributed by atoms with Crippen molar-refractivity contribution in [1.29, 1.82) is 0 Å². The van der Waals surface area contributed by atoms with Gasteiger partial charge in [-0.05, 0) is 55.1 Å². The molecule has 2 aromatic rings. The Morgan fingerprint density at radius 3 is 2.56 bits per heavy atom. The highest BCUT2D eigenvalue weighted by Crippen LogP contribution is 2.45. The number of thiocarbonyl (C=S) groups is 1. The Labute approximate surface area is 205 Å². The summed E-state index contributed by atoms with van der Waals surface area (Å²) in [5.74, 6) is 0.129. The van der Waals surface area contributed by atoms with Crippen molar-refractivity contribution in [2.24, 2.45) is 11.8 Å². The number of nitrogens with zero attached hydrogens (tertiary/aromatic N) is 3. The summed E-state index contributed by atoms with van der Waals surface area (Å²) in [5.41, 5.74) is 3.16. The van der Waals surface area contributed by atoms with Crippen molar-refractivity contribution in [1.82, 2.24) is 14.8 Å². The van der Waals surface area contributed by atoms with Gasteiger partial charge in [0.2, 0.25) is 0 Å². The van der Waals surface area contributed by atoms with E-state index in [2.05, 4.69) is 39.0 Å². The fraction of sp³-hybridized carbons (Fsp3) is 0.519. The highest BCUT2D eigenvalue weighted by molar-refractivity contribution is 7.80. The van der Waals surface area contributed by atoms with E-state index in [1.54, 1.807) is 6.20 Å². The standard InChI is InChI=1S/C27H31N3O3S/c31-22-14-20-23-24(25(22)33-26(20)32)30(27(34)29(23)15-17-6-2-1-3-7-17)16-18-9-11-19(12-10-18)21-8-4-5-13-28-21/h4-5,8-13,17,20,22-25,31H,1-3,6-7,14-16H2/t20-,22+,23+,24-,25-/m0/s1. The van der Waals surface area contributed by atoms with Crippen LogP contribution in [0.1, 0.15) is 44.1 Å². The summed E-state index contributed by atoms with van der Waals surface area (Å²) in [6, 6.07) is 14.2. The lowest BCUT2D eigenvalue weighted by atomic mass is 9.74. The van der Waals surface area contributed by atoms with Crippen LogP contribution in [0.25, 0.3) is 11.3 Å². The van der Waals surface area contributed by atoms with Gasteiger partial charge < -0.3 is 19.6 Å². The second-order valence-electron chi connectivity index (χ2n) is 10.3. The predicted octanol–water partition coefficient (Wildman–Crippen LogP) is 3.77. The fourth-order valence-electron chi connectivity index (χ4n) is 6.51. The molecule has 1 N–H and O–H groups in total. The van der Waals surface area contributed by atoms with E-state index >= 15 is 0 Å². The van der Waals surface area contributed by atoms with Crippen molar-refractivity contribution in [3.8, 4) is 11.3 Å². The molecule has 5 fully saturated rings. The minimum absolute atomic E-state index is 0.00290. The zero-order valence-corrected chi connectivity index (χ0v) is 20.1. The molecule has 5 aliphatic rings. The summed E-state index contributed by atoms with van der Waals surface area (Å²) in [6.45, 7) is 1.54. The van der Waals surface area contributed by atoms with Gasteiger partial charge in [0, 0.05) is 24.8 Å². The van der Waals surface area contributed by atoms with Crippen molar-refractivity contribution >= 4 is 23.3 Å². The quantitative estimate of drug-likeness (QED) is 0.519. The van der Waals surface area contributed by atoms with E-state index in [9.17, 15) is 9.90 Å². The molecular formula is C27H31N3O3S. The number of carbonyl (C=O) groups excluding carboxylic acids is 1. The van der Waals surface area contributed by atoms with E-state index in [1.165, 1.54) is 32.1 Å². The van der Waals surface area contributed by atoms with Crippen LogP contribution in [-0.4, -0.2) is 61.8 Å². The van der Waals surface area contributed by atoms with Crippen LogP contribution in [0.4, 0.5) is 0 Å². The SMILES string of the molecule is O=C1O[C@@H]2[C@@H]3[C@@H]([C@@H]1C[C@H]2O)N(CC1CCCCC1)C(=S)N3Cc1ccc(-c2ccccn2)cc1. The third-order valence-electron chi connectivity index (χ3n) is 8.19. The van der Waals surface area contributed by atoms with Gasteiger partial charge in [0.15, 0.2) is 5.11 Å². The molecule has 6 nitrogen and oxygen atoms in total. The number of hydrogen-bond acceptors (Lipinski definition) is 5. The number of fused-ring (bicyclic) bond motifs is 2. The first-order chi connectivity index (χ1) is 16.6. The highest BCUT2D eigenvalue weighted by atomic mass is 32.1. The largest absolute Gasteiger partial charge is 0.457 e. The lowest BCUT2D eigenvalue weighted by Gasteiger charge is -2.49. The van der Waals surface area contributed by atoms with E-state index in [1.807, 2.05) is 18.2 Å². The predicted molar refractivity (Wildman–Crippen MR) is 133 cm³/mol. The summed E-state index contributed by atoms with van der Waals surface area (Å²) >= 11 is 6.05. The number of aliphatic hydroxyl groups is 1. The van der Waals surface area contributed by atoms with Crippen LogP contribution in [0, 0.1) is 11.8 Å². The minimum atomic E-state index is -0.629. The molecule has 1 aromatic carbocycles. The zero-order valence-electron chi connectivity index (χ0n) is 19.3. The van der Waals surface area contributed by atoms with Gasteiger partial charge in [0.25, 0.3) is 0 Å². The Balaban J connectivity index is 1.27. The molecule has 3 saturated heterocycles. The molecule has 0 spiro atoms. The third kappa shape index (κ3) is 3.79. The Morgan fingerprint density at radius 2 is 1.82 bits per heavy atom. The summed E-state index contributed by atoms with van der Waals surface area (Å²) in [7, 11) is 0. The molecular weight excluding hydrogens is 446 g/mol. The summed E-state index contributed by atoms with van der Waals surface area (Å²) in [5, 5.41) is 11.5. The molecule has 178 valence electrons. The Hall–Kier alpha value is -2.51. The maximum Gasteiger partial charge on any atom is 0.311 e. The molecule has 2 bridgehead atoms. The maximum atomic E-state index is 12.7. The Bertz CT molecular complexity index is 1060. The summed E-state index contributed by atoms with van der Waals surface area (Å²) < 4.78 is 5.72. The van der Waals surface area contributed by atoms with Gasteiger partial charge in [0.1, 0.15) is 6.10 Å². The number of aliphatic hydroxyl groups excluding tert-OH is 1. The zero-order chi connectivity index (χ0) is 23.2. The number of ether oxygens (including phenoxy) is 1. The van der Waals surface area contributed by atoms with Gasteiger partial charge >= 0.3 is 5.97 Å². The minimum Gasteiger partial charge on any atom is -0.457 e. The van der Waals surface area contributed by atoms with Gasteiger partial charge in [-0.15, -0.1) is 0 Å². The smallest absolute Gasteiger partial charge is 0.311 e. The maximum absolute atomic E-state index is 12.7. The number of pyridine rings is 1. The van der Waals surface area contributed by atoms with E-state index in [-0.39, 0.29) is 24.0 Å². The number of rotatable bonds is 5. The average molecular weight is 478 g/mol. The molecule has 1 aromatic heterocycles. The average Bonchev–Trinajstić information content (AvgIpc) is 3.14. The molecule has 7 heteroatoms. The van der Waals surface area contributed by atoms with Crippen LogP contribution < -0.4 is 0 Å². The molecule has 5 atom stereocenters. The number of carbonyl (C=O) groups is 1. The molecule has 7 rings (SSSR count). The molecule has 0 amide bonds. The Morgan fingerprint density at radius 1 is 1.03 bits per heavy atom. The van der Waals surface area contributed by atoms with E-state index in [0.717, 1.165) is 28.5 Å². The molecule has 2 saturated carbocycles. The van der Waals surface area contributed by atoms with Crippen LogP contribution in [0.2, 0.25) is 0 Å². The number of benzene rings is 1. The topological polar surface area (TPSA) is 65.9 Å². The number of hydrogen-bond donors (Lipinski definition) is 1. The van der Waals surface area contributed by atoms with Crippen LogP contribution >= 0.6 is 12.2 Å². The number of esters is 1. The molecule has 2 aliphatic carbocycles. The molecule has 0 unspecified atom stereocenters. The first kappa shape index (κ1) is 22.0. The highest BCUT2D eigenvalue weighted by Gasteiger charge is 2.62. The molecule has 3 aliphatic heterocycles. The lowest BCUT2D eigenvalue weighted by Crippen LogP contribution is -2.66. The van der Waals surface area contributed by atoms with Crippen molar-refractivity contribution < 1.29 is 14.6 Å². The first-order valence-electron chi connectivity index (χ1n) is 12.6. The second-order valence-corrected chi connectivity index (χ2v) is 10.6.